The van der Waals surface area contributed by atoms with Gasteiger partial charge in [-0.1, -0.05) is 115 Å². The Morgan fingerprint density at radius 3 is 2.09 bits per heavy atom. The summed E-state index contributed by atoms with van der Waals surface area (Å²) in [7, 11) is -2.41. The third-order valence-corrected chi connectivity index (χ3v) is 13.3. The molecule has 0 spiro atoms. The summed E-state index contributed by atoms with van der Waals surface area (Å²) in [6, 6.07) is 43.5. The summed E-state index contributed by atoms with van der Waals surface area (Å²) in [5.41, 5.74) is 4.18. The zero-order valence-electron chi connectivity index (χ0n) is 18.4. The molecule has 1 aliphatic heterocycles. The van der Waals surface area contributed by atoms with Gasteiger partial charge in [0.15, 0.2) is 8.07 Å². The Morgan fingerprint density at radius 1 is 0.545 bits per heavy atom. The first-order valence-electron chi connectivity index (χ1n) is 11.5. The Hall–Kier alpha value is -3.46. The molecule has 33 heavy (non-hydrogen) atoms. The molecular formula is C31H22SSi. The molecule has 0 aliphatic carbocycles. The maximum absolute atomic E-state index is 2.45. The largest absolute Gasteiger partial charge is 0.180 e. The van der Waals surface area contributed by atoms with Crippen LogP contribution in [0.5, 0.6) is 0 Å². The normalized spacial score (nSPS) is 16.8. The van der Waals surface area contributed by atoms with Crippen LogP contribution >= 0.6 is 11.3 Å². The number of hydrogen-bond donors (Lipinski definition) is 0. The number of fused-ring (bicyclic) bond motifs is 7. The second kappa shape index (κ2) is 7.02. The van der Waals surface area contributed by atoms with Gasteiger partial charge >= 0.3 is 0 Å². The van der Waals surface area contributed by atoms with Gasteiger partial charge in [-0.15, -0.1) is 11.3 Å². The zero-order chi connectivity index (χ0) is 22.0. The van der Waals surface area contributed by atoms with Crippen LogP contribution in [0.15, 0.2) is 115 Å². The zero-order valence-corrected chi connectivity index (χ0v) is 20.2. The van der Waals surface area contributed by atoms with Crippen molar-refractivity contribution >= 4 is 60.3 Å². The molecule has 0 saturated heterocycles. The predicted molar refractivity (Wildman–Crippen MR) is 147 cm³/mol. The van der Waals surface area contributed by atoms with Crippen LogP contribution in [-0.4, -0.2) is 8.07 Å². The molecule has 2 heteroatoms. The standard InChI is InChI=1S/C31H22SSi/c1-21-15-17-23(18-16-21)33(22-9-3-2-4-10-22)28-14-8-6-12-26(28)30-29(33)20-19-25-24-11-5-7-13-27(24)32-31(25)30/h2-20H,1H3. The fourth-order valence-corrected chi connectivity index (χ4v) is 12.3. The van der Waals surface area contributed by atoms with Crippen LogP contribution in [0.4, 0.5) is 0 Å². The van der Waals surface area contributed by atoms with E-state index >= 15 is 0 Å². The van der Waals surface area contributed by atoms with E-state index in [-0.39, 0.29) is 0 Å². The minimum atomic E-state index is -2.41. The number of rotatable bonds is 2. The van der Waals surface area contributed by atoms with Crippen LogP contribution in [0, 0.1) is 6.92 Å². The molecule has 0 N–H and O–H groups in total. The van der Waals surface area contributed by atoms with E-state index in [0.29, 0.717) is 0 Å². The molecule has 0 amide bonds. The van der Waals surface area contributed by atoms with Crippen molar-refractivity contribution in [2.24, 2.45) is 0 Å². The summed E-state index contributed by atoms with van der Waals surface area (Å²) >= 11 is 1.95. The van der Waals surface area contributed by atoms with Crippen molar-refractivity contribution in [3.05, 3.63) is 121 Å². The Kier molecular flexibility index (Phi) is 4.05. The van der Waals surface area contributed by atoms with Crippen LogP contribution in [0.2, 0.25) is 0 Å². The number of aryl methyl sites for hydroxylation is 1. The Bertz CT molecular complexity index is 1660. The van der Waals surface area contributed by atoms with Gasteiger partial charge in [0, 0.05) is 20.2 Å². The average molecular weight is 455 g/mol. The molecule has 0 bridgehead atoms. The molecule has 7 rings (SSSR count). The van der Waals surface area contributed by atoms with Crippen LogP contribution < -0.4 is 20.7 Å². The molecule has 156 valence electrons. The molecule has 0 saturated carbocycles. The van der Waals surface area contributed by atoms with E-state index in [1.165, 1.54) is 57.6 Å². The molecule has 0 radical (unpaired) electrons. The third-order valence-electron chi connectivity index (χ3n) is 7.24. The Balaban J connectivity index is 1.69. The van der Waals surface area contributed by atoms with E-state index in [2.05, 4.69) is 122 Å². The maximum atomic E-state index is 2.45. The molecule has 1 aliphatic rings. The van der Waals surface area contributed by atoms with Gasteiger partial charge in [-0.3, -0.25) is 0 Å². The van der Waals surface area contributed by atoms with Gasteiger partial charge < -0.3 is 0 Å². The lowest BCUT2D eigenvalue weighted by molar-refractivity contribution is 1.49. The first-order chi connectivity index (χ1) is 16.3. The van der Waals surface area contributed by atoms with Crippen LogP contribution in [0.25, 0.3) is 31.3 Å². The molecule has 1 atom stereocenters. The summed E-state index contributed by atoms with van der Waals surface area (Å²) in [5, 5.41) is 8.71. The molecule has 0 nitrogen and oxygen atoms in total. The highest BCUT2D eigenvalue weighted by Gasteiger charge is 2.49. The van der Waals surface area contributed by atoms with Crippen LogP contribution in [0.1, 0.15) is 5.56 Å². The van der Waals surface area contributed by atoms with Gasteiger partial charge in [0.05, 0.1) is 0 Å². The second-order valence-electron chi connectivity index (χ2n) is 8.99. The quantitative estimate of drug-likeness (QED) is 0.293. The van der Waals surface area contributed by atoms with Crippen molar-refractivity contribution in [3.8, 4) is 11.1 Å². The predicted octanol–water partition coefficient (Wildman–Crippen LogP) is 5.72. The minimum Gasteiger partial charge on any atom is -0.135 e. The van der Waals surface area contributed by atoms with Gasteiger partial charge in [-0.2, -0.15) is 0 Å². The smallest absolute Gasteiger partial charge is 0.135 e. The Morgan fingerprint density at radius 2 is 1.24 bits per heavy atom. The first-order valence-corrected chi connectivity index (χ1v) is 14.3. The fraction of sp³-hybridized carbons (Fsp3) is 0.0323. The highest BCUT2D eigenvalue weighted by Crippen LogP contribution is 2.41. The van der Waals surface area contributed by atoms with Crippen molar-refractivity contribution < 1.29 is 0 Å². The second-order valence-corrected chi connectivity index (χ2v) is 13.8. The third kappa shape index (κ3) is 2.51. The van der Waals surface area contributed by atoms with E-state index < -0.39 is 8.07 Å². The summed E-state index contributed by atoms with van der Waals surface area (Å²) in [6.07, 6.45) is 0. The SMILES string of the molecule is Cc1ccc([Si]2(c3ccccc3)c3ccccc3-c3c2ccc2c3sc3ccccc32)cc1. The number of benzene rings is 5. The summed E-state index contributed by atoms with van der Waals surface area (Å²) in [5.74, 6) is 0. The number of hydrogen-bond acceptors (Lipinski definition) is 1. The molecule has 6 aromatic rings. The molecular weight excluding hydrogens is 432 g/mol. The summed E-state index contributed by atoms with van der Waals surface area (Å²) < 4.78 is 2.80. The van der Waals surface area contributed by atoms with Crippen molar-refractivity contribution in [1.29, 1.82) is 0 Å². The van der Waals surface area contributed by atoms with Gasteiger partial charge in [0.25, 0.3) is 0 Å². The lowest BCUT2D eigenvalue weighted by Gasteiger charge is -2.31. The van der Waals surface area contributed by atoms with E-state index in [1.54, 1.807) is 0 Å². The topological polar surface area (TPSA) is 0 Å². The lowest BCUT2D eigenvalue weighted by atomic mass is 10.0. The van der Waals surface area contributed by atoms with Crippen LogP contribution in [0.3, 0.4) is 0 Å². The van der Waals surface area contributed by atoms with Gasteiger partial charge in [-0.25, -0.2) is 0 Å². The first kappa shape index (κ1) is 19.0. The van der Waals surface area contributed by atoms with Crippen molar-refractivity contribution in [1.82, 2.24) is 0 Å². The monoisotopic (exact) mass is 454 g/mol. The fourth-order valence-electron chi connectivity index (χ4n) is 5.82. The molecule has 0 fully saturated rings. The molecule has 1 aromatic heterocycles. The average Bonchev–Trinajstić information content (AvgIpc) is 3.39. The Labute approximate surface area is 198 Å². The molecule has 1 unspecified atom stereocenters. The van der Waals surface area contributed by atoms with Crippen molar-refractivity contribution in [2.45, 2.75) is 6.92 Å². The van der Waals surface area contributed by atoms with Crippen LogP contribution in [-0.2, 0) is 0 Å². The molecule has 5 aromatic carbocycles. The van der Waals surface area contributed by atoms with E-state index in [0.717, 1.165) is 0 Å². The lowest BCUT2D eigenvalue weighted by Crippen LogP contribution is -2.72. The molecule has 2 heterocycles. The van der Waals surface area contributed by atoms with Gasteiger partial charge in [0.1, 0.15) is 0 Å². The van der Waals surface area contributed by atoms with E-state index in [9.17, 15) is 0 Å². The summed E-state index contributed by atoms with van der Waals surface area (Å²) in [4.78, 5) is 0. The van der Waals surface area contributed by atoms with E-state index in [4.69, 9.17) is 0 Å². The number of thiophene rings is 1. The van der Waals surface area contributed by atoms with Crippen molar-refractivity contribution in [3.63, 3.8) is 0 Å². The minimum absolute atomic E-state index is 1.31. The highest BCUT2D eigenvalue weighted by atomic mass is 32.1. The summed E-state index contributed by atoms with van der Waals surface area (Å²) in [6.45, 7) is 2.18. The van der Waals surface area contributed by atoms with E-state index in [1.807, 2.05) is 11.3 Å². The highest BCUT2D eigenvalue weighted by molar-refractivity contribution is 7.28. The van der Waals surface area contributed by atoms with Gasteiger partial charge in [0.2, 0.25) is 0 Å². The maximum Gasteiger partial charge on any atom is 0.180 e. The van der Waals surface area contributed by atoms with Gasteiger partial charge in [-0.05, 0) is 44.9 Å². The van der Waals surface area contributed by atoms with Crippen molar-refractivity contribution in [2.75, 3.05) is 0 Å².